The number of carboxylic acids is 1. The number of pyridine rings is 1. The fourth-order valence-electron chi connectivity index (χ4n) is 1.19. The summed E-state index contributed by atoms with van der Waals surface area (Å²) in [6.07, 6.45) is 1.45. The van der Waals surface area contributed by atoms with Crippen LogP contribution in [0, 0.1) is 0 Å². The minimum atomic E-state index is -1.04. The minimum Gasteiger partial charge on any atom is -0.477 e. The summed E-state index contributed by atoms with van der Waals surface area (Å²) in [4.78, 5) is 14.6. The van der Waals surface area contributed by atoms with Crippen molar-refractivity contribution in [1.29, 1.82) is 0 Å². The van der Waals surface area contributed by atoms with Crippen molar-refractivity contribution in [2.24, 2.45) is 0 Å². The number of nitrogens with zero attached hydrogens (tertiary/aromatic N) is 1. The van der Waals surface area contributed by atoms with Gasteiger partial charge >= 0.3 is 5.97 Å². The zero-order valence-electron chi connectivity index (χ0n) is 9.18. The first-order valence-corrected chi connectivity index (χ1v) is 5.08. The second kappa shape index (κ2) is 6.92. The molecule has 0 fully saturated rings. The standard InChI is InChI=1S/C11H15NO4/c1-2-15-6-7-16-8-9-4-3-5-12-10(9)11(13)14/h3-5H,2,6-8H2,1H3,(H,13,14). The van der Waals surface area contributed by atoms with E-state index < -0.39 is 5.97 Å². The second-order valence-electron chi connectivity index (χ2n) is 3.07. The van der Waals surface area contributed by atoms with E-state index in [9.17, 15) is 4.79 Å². The Morgan fingerprint density at radius 1 is 1.44 bits per heavy atom. The van der Waals surface area contributed by atoms with Crippen molar-refractivity contribution < 1.29 is 19.4 Å². The molecule has 88 valence electrons. The molecule has 1 N–H and O–H groups in total. The van der Waals surface area contributed by atoms with Gasteiger partial charge in [0.25, 0.3) is 0 Å². The summed E-state index contributed by atoms with van der Waals surface area (Å²) in [5.74, 6) is -1.04. The van der Waals surface area contributed by atoms with E-state index in [4.69, 9.17) is 14.6 Å². The molecule has 5 heteroatoms. The molecule has 0 aliphatic heterocycles. The lowest BCUT2D eigenvalue weighted by Gasteiger charge is -2.06. The van der Waals surface area contributed by atoms with Crippen LogP contribution in [0.5, 0.6) is 0 Å². The summed E-state index contributed by atoms with van der Waals surface area (Å²) in [6, 6.07) is 3.38. The third-order valence-electron chi connectivity index (χ3n) is 1.93. The molecule has 0 aliphatic rings. The summed E-state index contributed by atoms with van der Waals surface area (Å²) in [5.41, 5.74) is 0.616. The van der Waals surface area contributed by atoms with Gasteiger partial charge in [-0.05, 0) is 13.0 Å². The molecule has 0 spiro atoms. The predicted octanol–water partition coefficient (Wildman–Crippen LogP) is 1.33. The predicted molar refractivity (Wildman–Crippen MR) is 57.3 cm³/mol. The van der Waals surface area contributed by atoms with E-state index in [1.807, 2.05) is 6.92 Å². The van der Waals surface area contributed by atoms with Crippen molar-refractivity contribution in [2.75, 3.05) is 19.8 Å². The highest BCUT2D eigenvalue weighted by Crippen LogP contribution is 2.06. The largest absolute Gasteiger partial charge is 0.477 e. The highest BCUT2D eigenvalue weighted by Gasteiger charge is 2.10. The molecular weight excluding hydrogens is 210 g/mol. The van der Waals surface area contributed by atoms with E-state index in [1.54, 1.807) is 12.1 Å². The van der Waals surface area contributed by atoms with Crippen LogP contribution in [0.3, 0.4) is 0 Å². The molecule has 0 atom stereocenters. The van der Waals surface area contributed by atoms with Gasteiger partial charge < -0.3 is 14.6 Å². The van der Waals surface area contributed by atoms with Crippen LogP contribution in [-0.2, 0) is 16.1 Å². The third kappa shape index (κ3) is 3.96. The van der Waals surface area contributed by atoms with E-state index in [0.29, 0.717) is 25.4 Å². The highest BCUT2D eigenvalue weighted by atomic mass is 16.5. The van der Waals surface area contributed by atoms with Crippen LogP contribution >= 0.6 is 0 Å². The van der Waals surface area contributed by atoms with Gasteiger partial charge in [-0.2, -0.15) is 0 Å². The maximum absolute atomic E-state index is 10.8. The molecule has 16 heavy (non-hydrogen) atoms. The van der Waals surface area contributed by atoms with Crippen LogP contribution < -0.4 is 0 Å². The molecule has 0 saturated carbocycles. The van der Waals surface area contributed by atoms with Gasteiger partial charge in [0.2, 0.25) is 0 Å². The SMILES string of the molecule is CCOCCOCc1cccnc1C(=O)O. The lowest BCUT2D eigenvalue weighted by atomic mass is 10.2. The minimum absolute atomic E-state index is 0.0407. The Morgan fingerprint density at radius 3 is 2.88 bits per heavy atom. The Kier molecular flexibility index (Phi) is 5.45. The molecule has 0 unspecified atom stereocenters. The van der Waals surface area contributed by atoms with Crippen molar-refractivity contribution in [2.45, 2.75) is 13.5 Å². The van der Waals surface area contributed by atoms with Crippen LogP contribution in [-0.4, -0.2) is 35.9 Å². The van der Waals surface area contributed by atoms with E-state index in [-0.39, 0.29) is 12.3 Å². The summed E-state index contributed by atoms with van der Waals surface area (Å²) < 4.78 is 10.4. The number of hydrogen-bond donors (Lipinski definition) is 1. The fourth-order valence-corrected chi connectivity index (χ4v) is 1.19. The van der Waals surface area contributed by atoms with Gasteiger partial charge in [0.15, 0.2) is 5.69 Å². The maximum Gasteiger partial charge on any atom is 0.354 e. The summed E-state index contributed by atoms with van der Waals surface area (Å²) in [5, 5.41) is 8.86. The Bertz CT molecular complexity index is 341. The summed E-state index contributed by atoms with van der Waals surface area (Å²) in [7, 11) is 0. The molecule has 0 aromatic carbocycles. The van der Waals surface area contributed by atoms with Crippen LogP contribution in [0.2, 0.25) is 0 Å². The Balaban J connectivity index is 2.44. The van der Waals surface area contributed by atoms with Crippen molar-refractivity contribution in [3.05, 3.63) is 29.6 Å². The average Bonchev–Trinajstić information content (AvgIpc) is 2.29. The molecular formula is C11H15NO4. The fraction of sp³-hybridized carbons (Fsp3) is 0.455. The molecule has 0 amide bonds. The zero-order valence-corrected chi connectivity index (χ0v) is 9.18. The lowest BCUT2D eigenvalue weighted by molar-refractivity contribution is 0.0442. The first-order valence-electron chi connectivity index (χ1n) is 5.08. The smallest absolute Gasteiger partial charge is 0.354 e. The first kappa shape index (κ1) is 12.6. The molecule has 0 aliphatic carbocycles. The molecule has 5 nitrogen and oxygen atoms in total. The highest BCUT2D eigenvalue weighted by molar-refractivity contribution is 5.86. The third-order valence-corrected chi connectivity index (χ3v) is 1.93. The number of carboxylic acid groups (broad SMARTS) is 1. The van der Waals surface area contributed by atoms with Crippen LogP contribution in [0.15, 0.2) is 18.3 Å². The van der Waals surface area contributed by atoms with E-state index in [2.05, 4.69) is 4.98 Å². The van der Waals surface area contributed by atoms with Crippen molar-refractivity contribution in [3.63, 3.8) is 0 Å². The Labute approximate surface area is 94.0 Å². The Hall–Kier alpha value is -1.46. The van der Waals surface area contributed by atoms with Gasteiger partial charge in [-0.25, -0.2) is 9.78 Å². The maximum atomic E-state index is 10.8. The number of rotatable bonds is 7. The van der Waals surface area contributed by atoms with Gasteiger partial charge in [-0.1, -0.05) is 6.07 Å². The van der Waals surface area contributed by atoms with Crippen molar-refractivity contribution >= 4 is 5.97 Å². The molecule has 0 radical (unpaired) electrons. The zero-order chi connectivity index (χ0) is 11.8. The van der Waals surface area contributed by atoms with Crippen LogP contribution in [0.4, 0.5) is 0 Å². The number of carbonyl (C=O) groups is 1. The molecule has 1 aromatic rings. The quantitative estimate of drug-likeness (QED) is 0.709. The summed E-state index contributed by atoms with van der Waals surface area (Å²) in [6.45, 7) is 3.75. The van der Waals surface area contributed by atoms with Gasteiger partial charge in [-0.3, -0.25) is 0 Å². The number of hydrogen-bond acceptors (Lipinski definition) is 4. The molecule has 0 saturated heterocycles. The van der Waals surface area contributed by atoms with E-state index >= 15 is 0 Å². The topological polar surface area (TPSA) is 68.7 Å². The molecule has 0 bridgehead atoms. The van der Waals surface area contributed by atoms with Gasteiger partial charge in [0.1, 0.15) is 0 Å². The number of aromatic nitrogens is 1. The van der Waals surface area contributed by atoms with Crippen molar-refractivity contribution in [3.8, 4) is 0 Å². The van der Waals surface area contributed by atoms with Gasteiger partial charge in [0.05, 0.1) is 19.8 Å². The van der Waals surface area contributed by atoms with Crippen LogP contribution in [0.1, 0.15) is 23.0 Å². The molecule has 1 aromatic heterocycles. The monoisotopic (exact) mass is 225 g/mol. The first-order chi connectivity index (χ1) is 7.75. The lowest BCUT2D eigenvalue weighted by Crippen LogP contribution is -2.09. The van der Waals surface area contributed by atoms with E-state index in [0.717, 1.165) is 0 Å². The van der Waals surface area contributed by atoms with Crippen molar-refractivity contribution in [1.82, 2.24) is 4.98 Å². The number of ether oxygens (including phenoxy) is 2. The van der Waals surface area contributed by atoms with Crippen LogP contribution in [0.25, 0.3) is 0 Å². The molecule has 1 heterocycles. The van der Waals surface area contributed by atoms with E-state index in [1.165, 1.54) is 6.20 Å². The second-order valence-corrected chi connectivity index (χ2v) is 3.07. The summed E-state index contributed by atoms with van der Waals surface area (Å²) >= 11 is 0. The van der Waals surface area contributed by atoms with Gasteiger partial charge in [0, 0.05) is 18.4 Å². The van der Waals surface area contributed by atoms with Gasteiger partial charge in [-0.15, -0.1) is 0 Å². The Morgan fingerprint density at radius 2 is 2.19 bits per heavy atom. The normalized spacial score (nSPS) is 10.3. The average molecular weight is 225 g/mol. The molecule has 1 rings (SSSR count). The number of aromatic carboxylic acids is 1.